The molecule has 3 heterocycles. The van der Waals surface area contributed by atoms with Crippen molar-refractivity contribution in [3.05, 3.63) is 65.5 Å². The normalized spacial score (nSPS) is 14.7. The lowest BCUT2D eigenvalue weighted by molar-refractivity contribution is 0.313. The summed E-state index contributed by atoms with van der Waals surface area (Å²) in [6.07, 6.45) is 4.86. The number of fused-ring (bicyclic) bond motifs is 2. The fourth-order valence-electron chi connectivity index (χ4n) is 4.37. The van der Waals surface area contributed by atoms with Crippen LogP contribution in [-0.2, 0) is 13.0 Å². The van der Waals surface area contributed by atoms with E-state index in [0.717, 1.165) is 47.5 Å². The molecule has 1 N–H and O–H groups in total. The Morgan fingerprint density at radius 3 is 2.76 bits per heavy atom. The summed E-state index contributed by atoms with van der Waals surface area (Å²) in [6, 6.07) is 12.9. The van der Waals surface area contributed by atoms with Crippen molar-refractivity contribution in [3.63, 3.8) is 0 Å². The van der Waals surface area contributed by atoms with Gasteiger partial charge < -0.3 is 10.2 Å². The van der Waals surface area contributed by atoms with Gasteiger partial charge in [-0.15, -0.1) is 0 Å². The molecular weight excluding hydrogens is 358 g/mol. The van der Waals surface area contributed by atoms with Crippen LogP contribution in [-0.4, -0.2) is 33.4 Å². The molecule has 142 valence electrons. The molecule has 0 amide bonds. The highest BCUT2D eigenvalue weighted by molar-refractivity contribution is 6.21. The molecule has 2 aliphatic rings. The summed E-state index contributed by atoms with van der Waals surface area (Å²) in [6.45, 7) is 4.22. The lowest BCUT2D eigenvalue weighted by atomic mass is 9.99. The molecule has 4 aromatic rings. The molecule has 1 aliphatic heterocycles. The third-order valence-corrected chi connectivity index (χ3v) is 6.04. The van der Waals surface area contributed by atoms with Crippen molar-refractivity contribution in [3.8, 4) is 22.4 Å². The van der Waals surface area contributed by atoms with E-state index in [0.29, 0.717) is 5.95 Å². The van der Waals surface area contributed by atoms with E-state index in [-0.39, 0.29) is 0 Å². The first-order valence-electron chi connectivity index (χ1n) is 10.0. The molecule has 0 saturated carbocycles. The first-order chi connectivity index (χ1) is 14.2. The first kappa shape index (κ1) is 16.6. The molecule has 0 unspecified atom stereocenters. The second-order valence-corrected chi connectivity index (χ2v) is 8.07. The molecule has 0 radical (unpaired) electrons. The maximum absolute atomic E-state index is 4.90. The molecule has 1 aliphatic carbocycles. The van der Waals surface area contributed by atoms with Crippen LogP contribution < -0.4 is 5.32 Å². The summed E-state index contributed by atoms with van der Waals surface area (Å²) in [5.74, 6) is 0.653. The van der Waals surface area contributed by atoms with Crippen LogP contribution in [0.1, 0.15) is 16.7 Å². The van der Waals surface area contributed by atoms with Crippen LogP contribution in [0.2, 0.25) is 0 Å². The Balaban J connectivity index is 1.40. The number of aryl methyl sites for hydroxylation is 1. The summed E-state index contributed by atoms with van der Waals surface area (Å²) in [7, 11) is 2.17. The minimum Gasteiger partial charge on any atom is -0.324 e. The predicted octanol–water partition coefficient (Wildman–Crippen LogP) is 4.71. The molecule has 0 spiro atoms. The number of pyridine rings is 1. The quantitative estimate of drug-likeness (QED) is 0.492. The number of nitrogens with zero attached hydrogens (tertiary/aromatic N) is 4. The SMILES string of the molecule is Cc1ccncc1-c1ccc2c3c-2nc(Nc2ccc4c(c2)CN(C)CC4)nc13. The zero-order chi connectivity index (χ0) is 19.5. The van der Waals surface area contributed by atoms with Gasteiger partial charge in [0.1, 0.15) is 0 Å². The highest BCUT2D eigenvalue weighted by Gasteiger charge is 2.28. The number of rotatable bonds is 3. The Kier molecular flexibility index (Phi) is 3.49. The van der Waals surface area contributed by atoms with Crippen LogP contribution in [0, 0.1) is 6.92 Å². The van der Waals surface area contributed by atoms with Crippen LogP contribution in [0.4, 0.5) is 11.6 Å². The fourth-order valence-corrected chi connectivity index (χ4v) is 4.37. The van der Waals surface area contributed by atoms with Crippen molar-refractivity contribution in [2.24, 2.45) is 0 Å². The summed E-state index contributed by atoms with van der Waals surface area (Å²) in [5, 5.41) is 4.63. The molecule has 0 saturated heterocycles. The van der Waals surface area contributed by atoms with E-state index >= 15 is 0 Å². The van der Waals surface area contributed by atoms with Crippen LogP contribution in [0.3, 0.4) is 0 Å². The minimum atomic E-state index is 0.653. The van der Waals surface area contributed by atoms with E-state index in [2.05, 4.69) is 59.5 Å². The second kappa shape index (κ2) is 6.09. The third kappa shape index (κ3) is 2.69. The van der Waals surface area contributed by atoms with Gasteiger partial charge in [-0.2, -0.15) is 0 Å². The maximum Gasteiger partial charge on any atom is 0.228 e. The molecular formula is C24H21N5. The molecule has 5 heteroatoms. The summed E-state index contributed by atoms with van der Waals surface area (Å²) >= 11 is 0. The number of anilines is 2. The van der Waals surface area contributed by atoms with Gasteiger partial charge in [0.15, 0.2) is 0 Å². The Morgan fingerprint density at radius 1 is 0.966 bits per heavy atom. The standard InChI is InChI=1S/C24H21N5/c1-14-7-9-25-12-20(14)18-5-6-19-21-22(18)27-24(28-23(19)21)26-17-4-3-15-8-10-29(2)13-16(15)11-17/h3-7,9,11-12H,8,10,13H2,1-2H3,(H,26,27,28). The van der Waals surface area contributed by atoms with Crippen LogP contribution >= 0.6 is 0 Å². The van der Waals surface area contributed by atoms with Crippen molar-refractivity contribution >= 4 is 22.5 Å². The minimum absolute atomic E-state index is 0.653. The number of hydrogen-bond acceptors (Lipinski definition) is 5. The summed E-state index contributed by atoms with van der Waals surface area (Å²) in [4.78, 5) is 16.3. The Labute approximate surface area is 169 Å². The van der Waals surface area contributed by atoms with Crippen LogP contribution in [0.15, 0.2) is 48.8 Å². The second-order valence-electron chi connectivity index (χ2n) is 8.07. The van der Waals surface area contributed by atoms with E-state index in [1.54, 1.807) is 0 Å². The lowest BCUT2D eigenvalue weighted by Crippen LogP contribution is -2.26. The highest BCUT2D eigenvalue weighted by Crippen LogP contribution is 2.48. The van der Waals surface area contributed by atoms with Crippen LogP contribution in [0.25, 0.3) is 33.3 Å². The monoisotopic (exact) mass is 379 g/mol. The number of benzene rings is 2. The van der Waals surface area contributed by atoms with E-state index in [1.165, 1.54) is 27.6 Å². The van der Waals surface area contributed by atoms with Gasteiger partial charge in [-0.3, -0.25) is 4.98 Å². The zero-order valence-electron chi connectivity index (χ0n) is 16.5. The molecule has 0 atom stereocenters. The summed E-state index contributed by atoms with van der Waals surface area (Å²) < 4.78 is 0. The van der Waals surface area contributed by atoms with Crippen LogP contribution in [0.5, 0.6) is 0 Å². The van der Waals surface area contributed by atoms with Gasteiger partial charge >= 0.3 is 0 Å². The van der Waals surface area contributed by atoms with Gasteiger partial charge in [-0.1, -0.05) is 18.2 Å². The number of likely N-dealkylation sites (N-methyl/N-ethyl adjacent to an activating group) is 1. The molecule has 2 aromatic carbocycles. The van der Waals surface area contributed by atoms with E-state index in [4.69, 9.17) is 9.97 Å². The molecule has 0 bridgehead atoms. The van der Waals surface area contributed by atoms with Gasteiger partial charge in [0.25, 0.3) is 0 Å². The van der Waals surface area contributed by atoms with Crippen molar-refractivity contribution < 1.29 is 0 Å². The Bertz CT molecular complexity index is 1290. The third-order valence-electron chi connectivity index (χ3n) is 6.04. The molecule has 0 fully saturated rings. The van der Waals surface area contributed by atoms with Gasteiger partial charge in [-0.05, 0) is 55.3 Å². The molecule has 5 nitrogen and oxygen atoms in total. The summed E-state index contributed by atoms with van der Waals surface area (Å²) in [5.41, 5.74) is 10.6. The van der Waals surface area contributed by atoms with Crippen molar-refractivity contribution in [2.75, 3.05) is 18.9 Å². The van der Waals surface area contributed by atoms with Crippen molar-refractivity contribution in [1.29, 1.82) is 0 Å². The Morgan fingerprint density at radius 2 is 1.86 bits per heavy atom. The molecule has 29 heavy (non-hydrogen) atoms. The zero-order valence-corrected chi connectivity index (χ0v) is 16.5. The van der Waals surface area contributed by atoms with Gasteiger partial charge in [0.05, 0.1) is 11.2 Å². The number of hydrogen-bond donors (Lipinski definition) is 1. The largest absolute Gasteiger partial charge is 0.324 e. The number of aromatic nitrogens is 3. The molecule has 6 rings (SSSR count). The van der Waals surface area contributed by atoms with Crippen molar-refractivity contribution in [1.82, 2.24) is 19.9 Å². The highest BCUT2D eigenvalue weighted by atomic mass is 15.1. The number of nitrogens with one attached hydrogen (secondary N) is 1. The van der Waals surface area contributed by atoms with Gasteiger partial charge in [-0.25, -0.2) is 9.97 Å². The topological polar surface area (TPSA) is 53.9 Å². The predicted molar refractivity (Wildman–Crippen MR) is 116 cm³/mol. The maximum atomic E-state index is 4.90. The van der Waals surface area contributed by atoms with E-state index in [9.17, 15) is 0 Å². The first-order valence-corrected chi connectivity index (χ1v) is 10.0. The van der Waals surface area contributed by atoms with E-state index < -0.39 is 0 Å². The van der Waals surface area contributed by atoms with Crippen molar-refractivity contribution in [2.45, 2.75) is 19.9 Å². The molecule has 2 aromatic heterocycles. The lowest BCUT2D eigenvalue weighted by Gasteiger charge is -2.25. The smallest absolute Gasteiger partial charge is 0.228 e. The van der Waals surface area contributed by atoms with Gasteiger partial charge in [0.2, 0.25) is 5.95 Å². The van der Waals surface area contributed by atoms with Gasteiger partial charge in [0, 0.05) is 53.2 Å². The average molecular weight is 379 g/mol. The average Bonchev–Trinajstić information content (AvgIpc) is 3.43. The Hall–Kier alpha value is -3.31. The fraction of sp³-hybridized carbons (Fsp3) is 0.208. The van der Waals surface area contributed by atoms with E-state index in [1.807, 2.05) is 18.5 Å².